The molecule has 4 rings (SSSR count). The van der Waals surface area contributed by atoms with Crippen LogP contribution >= 0.6 is 11.6 Å². The number of nitrogens with zero attached hydrogens (tertiary/aromatic N) is 3. The van der Waals surface area contributed by atoms with E-state index in [1.807, 2.05) is 17.0 Å². The van der Waals surface area contributed by atoms with E-state index in [-0.39, 0.29) is 10.8 Å². The zero-order chi connectivity index (χ0) is 19.0. The second kappa shape index (κ2) is 6.98. The summed E-state index contributed by atoms with van der Waals surface area (Å²) in [5.74, 6) is 0.519. The van der Waals surface area contributed by atoms with Gasteiger partial charge in [-0.15, -0.1) is 4.40 Å². The number of hydrogen-bond acceptors (Lipinski definition) is 4. The summed E-state index contributed by atoms with van der Waals surface area (Å²) in [7, 11) is -3.63. The summed E-state index contributed by atoms with van der Waals surface area (Å²) in [4.78, 5) is 16.5. The third kappa shape index (κ3) is 3.57. The summed E-state index contributed by atoms with van der Waals surface area (Å²) in [6.45, 7) is 2.15. The Balaban J connectivity index is 1.43. The Hall–Kier alpha value is -2.38. The van der Waals surface area contributed by atoms with Crippen molar-refractivity contribution in [2.75, 3.05) is 26.2 Å². The van der Waals surface area contributed by atoms with Gasteiger partial charge in [0.05, 0.1) is 6.42 Å². The zero-order valence-corrected chi connectivity index (χ0v) is 16.1. The molecule has 2 aromatic rings. The molecule has 140 valence electrons. The van der Waals surface area contributed by atoms with E-state index in [9.17, 15) is 13.2 Å². The van der Waals surface area contributed by atoms with Crippen LogP contribution in [0.25, 0.3) is 0 Å². The number of amides is 1. The molecule has 2 aliphatic heterocycles. The van der Waals surface area contributed by atoms with Crippen molar-refractivity contribution in [1.82, 2.24) is 9.80 Å². The quantitative estimate of drug-likeness (QED) is 0.770. The molecule has 2 aromatic carbocycles. The Morgan fingerprint density at radius 2 is 1.78 bits per heavy atom. The summed E-state index contributed by atoms with van der Waals surface area (Å²) in [6.07, 6.45) is 0.304. The molecule has 0 bridgehead atoms. The molecule has 0 spiro atoms. The molecule has 1 fully saturated rings. The van der Waals surface area contributed by atoms with E-state index in [1.54, 1.807) is 41.3 Å². The predicted octanol–water partition coefficient (Wildman–Crippen LogP) is 2.18. The van der Waals surface area contributed by atoms with Crippen molar-refractivity contribution in [3.63, 3.8) is 0 Å². The van der Waals surface area contributed by atoms with E-state index in [1.165, 1.54) is 0 Å². The summed E-state index contributed by atoms with van der Waals surface area (Å²) in [5, 5.41) is 0.615. The lowest BCUT2D eigenvalue weighted by Crippen LogP contribution is -2.51. The van der Waals surface area contributed by atoms with Crippen LogP contribution in [0.1, 0.15) is 11.1 Å². The van der Waals surface area contributed by atoms with Gasteiger partial charge in [0.2, 0.25) is 5.91 Å². The first kappa shape index (κ1) is 18.0. The van der Waals surface area contributed by atoms with Crippen molar-refractivity contribution in [3.05, 3.63) is 64.7 Å². The van der Waals surface area contributed by atoms with Crippen LogP contribution in [0.2, 0.25) is 5.02 Å². The van der Waals surface area contributed by atoms with E-state index in [0.29, 0.717) is 49.0 Å². The van der Waals surface area contributed by atoms with Crippen LogP contribution in [0.3, 0.4) is 0 Å². The van der Waals surface area contributed by atoms with Crippen LogP contribution in [0, 0.1) is 0 Å². The molecule has 0 aliphatic carbocycles. The normalized spacial score (nSPS) is 18.2. The van der Waals surface area contributed by atoms with Gasteiger partial charge in [-0.3, -0.25) is 4.79 Å². The lowest BCUT2D eigenvalue weighted by atomic mass is 10.1. The van der Waals surface area contributed by atoms with Gasteiger partial charge in [0, 0.05) is 36.8 Å². The van der Waals surface area contributed by atoms with Crippen LogP contribution in [-0.4, -0.2) is 56.1 Å². The number of hydrogen-bond donors (Lipinski definition) is 0. The highest BCUT2D eigenvalue weighted by molar-refractivity contribution is 7.90. The second-order valence-corrected chi connectivity index (χ2v) is 8.57. The minimum absolute atomic E-state index is 0.0401. The molecule has 0 atom stereocenters. The van der Waals surface area contributed by atoms with Gasteiger partial charge in [0.15, 0.2) is 5.84 Å². The van der Waals surface area contributed by atoms with E-state index >= 15 is 0 Å². The first-order chi connectivity index (χ1) is 12.9. The minimum Gasteiger partial charge on any atom is -0.352 e. The largest absolute Gasteiger partial charge is 0.352 e. The van der Waals surface area contributed by atoms with E-state index in [4.69, 9.17) is 11.6 Å². The molecule has 0 unspecified atom stereocenters. The number of carbonyl (C=O) groups is 1. The van der Waals surface area contributed by atoms with Crippen LogP contribution in [0.5, 0.6) is 0 Å². The fourth-order valence-electron chi connectivity index (χ4n) is 3.42. The molecule has 0 radical (unpaired) electrons. The number of benzene rings is 2. The number of fused-ring (bicyclic) bond motifs is 1. The number of sulfonamides is 1. The van der Waals surface area contributed by atoms with Gasteiger partial charge in [-0.2, -0.15) is 8.42 Å². The van der Waals surface area contributed by atoms with Crippen LogP contribution in [0.4, 0.5) is 0 Å². The molecular weight excluding hydrogens is 386 g/mol. The monoisotopic (exact) mass is 403 g/mol. The molecule has 1 amide bonds. The predicted molar refractivity (Wildman–Crippen MR) is 103 cm³/mol. The maximum atomic E-state index is 12.5. The average Bonchev–Trinajstić information content (AvgIpc) is 2.93. The molecule has 2 heterocycles. The van der Waals surface area contributed by atoms with E-state index < -0.39 is 10.0 Å². The molecular formula is C19H18ClN3O3S. The summed E-state index contributed by atoms with van der Waals surface area (Å²) >= 11 is 5.98. The Morgan fingerprint density at radius 3 is 2.52 bits per heavy atom. The fraction of sp³-hybridized carbons (Fsp3) is 0.263. The molecule has 27 heavy (non-hydrogen) atoms. The Morgan fingerprint density at radius 1 is 1.04 bits per heavy atom. The third-order valence-electron chi connectivity index (χ3n) is 4.79. The fourth-order valence-corrected chi connectivity index (χ4v) is 4.86. The number of piperazine rings is 1. The van der Waals surface area contributed by atoms with Gasteiger partial charge in [0.25, 0.3) is 10.0 Å². The Labute approximate surface area is 163 Å². The highest BCUT2D eigenvalue weighted by Gasteiger charge is 2.33. The first-order valence-electron chi connectivity index (χ1n) is 8.65. The van der Waals surface area contributed by atoms with E-state index in [0.717, 1.165) is 5.56 Å². The number of rotatable bonds is 2. The van der Waals surface area contributed by atoms with Gasteiger partial charge in [0.1, 0.15) is 4.90 Å². The number of halogens is 1. The highest BCUT2D eigenvalue weighted by atomic mass is 35.5. The van der Waals surface area contributed by atoms with Crippen molar-refractivity contribution in [3.8, 4) is 0 Å². The standard InChI is InChI=1S/C19H18ClN3O3S/c20-15-5-3-4-14(12-15)13-18(24)22-8-10-23(11-9-22)19-16-6-1-2-7-17(16)27(25,26)21-19/h1-7,12H,8-11,13H2. The van der Waals surface area contributed by atoms with E-state index in [2.05, 4.69) is 4.40 Å². The van der Waals surface area contributed by atoms with Crippen LogP contribution < -0.4 is 0 Å². The zero-order valence-electron chi connectivity index (χ0n) is 14.5. The Bertz CT molecular complexity index is 1030. The topological polar surface area (TPSA) is 70.1 Å². The highest BCUT2D eigenvalue weighted by Crippen LogP contribution is 2.27. The van der Waals surface area contributed by atoms with Gasteiger partial charge < -0.3 is 9.80 Å². The number of carbonyl (C=O) groups excluding carboxylic acids is 1. The lowest BCUT2D eigenvalue weighted by Gasteiger charge is -2.35. The van der Waals surface area contributed by atoms with Gasteiger partial charge in [-0.1, -0.05) is 35.9 Å². The van der Waals surface area contributed by atoms with Gasteiger partial charge >= 0.3 is 0 Å². The maximum absolute atomic E-state index is 12.5. The SMILES string of the molecule is O=C(Cc1cccc(Cl)c1)N1CCN(C2=NS(=O)(=O)c3ccccc32)CC1. The van der Waals surface area contributed by atoms with Gasteiger partial charge in [-0.05, 0) is 29.8 Å². The summed E-state index contributed by atoms with van der Waals surface area (Å²) < 4.78 is 28.4. The summed E-state index contributed by atoms with van der Waals surface area (Å²) in [6, 6.07) is 14.1. The van der Waals surface area contributed by atoms with Crippen LogP contribution in [-0.2, 0) is 21.2 Å². The lowest BCUT2D eigenvalue weighted by molar-refractivity contribution is -0.131. The summed E-state index contributed by atoms with van der Waals surface area (Å²) in [5.41, 5.74) is 1.52. The molecule has 2 aliphatic rings. The second-order valence-electron chi connectivity index (χ2n) is 6.56. The van der Waals surface area contributed by atoms with Crippen molar-refractivity contribution >= 4 is 33.4 Å². The van der Waals surface area contributed by atoms with Crippen molar-refractivity contribution in [2.45, 2.75) is 11.3 Å². The molecule has 0 aromatic heterocycles. The van der Waals surface area contributed by atoms with Crippen LogP contribution in [0.15, 0.2) is 57.8 Å². The smallest absolute Gasteiger partial charge is 0.285 e. The van der Waals surface area contributed by atoms with Gasteiger partial charge in [-0.25, -0.2) is 0 Å². The molecule has 8 heteroatoms. The van der Waals surface area contributed by atoms with Crippen molar-refractivity contribution in [2.24, 2.45) is 4.40 Å². The first-order valence-corrected chi connectivity index (χ1v) is 10.5. The maximum Gasteiger partial charge on any atom is 0.285 e. The third-order valence-corrected chi connectivity index (χ3v) is 6.35. The molecule has 6 nitrogen and oxygen atoms in total. The molecule has 1 saturated heterocycles. The molecule has 0 N–H and O–H groups in total. The number of amidine groups is 1. The Kier molecular flexibility index (Phi) is 4.65. The average molecular weight is 404 g/mol. The van der Waals surface area contributed by atoms with Crippen molar-refractivity contribution in [1.29, 1.82) is 0 Å². The molecule has 0 saturated carbocycles. The van der Waals surface area contributed by atoms with Crippen molar-refractivity contribution < 1.29 is 13.2 Å². The minimum atomic E-state index is -3.63.